The van der Waals surface area contributed by atoms with Crippen LogP contribution in [0.5, 0.6) is 0 Å². The van der Waals surface area contributed by atoms with Crippen LogP contribution < -0.4 is 16.0 Å². The lowest BCUT2D eigenvalue weighted by molar-refractivity contribution is -0.115. The molecule has 1 unspecified atom stereocenters. The molecule has 1 amide bonds. The Bertz CT molecular complexity index is 1590. The number of thiocarbonyl (C=S) groups is 1. The number of aromatic nitrogens is 1. The zero-order valence-corrected chi connectivity index (χ0v) is 24.5. The molecule has 0 aliphatic heterocycles. The van der Waals surface area contributed by atoms with Crippen molar-refractivity contribution in [3.05, 3.63) is 125 Å². The highest BCUT2D eigenvalue weighted by Crippen LogP contribution is 2.38. The number of carbonyl (C=O) groups is 1. The van der Waals surface area contributed by atoms with Crippen LogP contribution in [0.3, 0.4) is 0 Å². The molecule has 5 rings (SSSR count). The first kappa shape index (κ1) is 27.6. The number of carbonyl (C=O) groups excluding carboxylic acids is 1. The third-order valence-electron chi connectivity index (χ3n) is 6.09. The summed E-state index contributed by atoms with van der Waals surface area (Å²) in [6.07, 6.45) is 0. The summed E-state index contributed by atoms with van der Waals surface area (Å²) in [6.45, 7) is 4.09. The number of nitrogens with one attached hydrogen (secondary N) is 3. The maximum Gasteiger partial charge on any atom is 0.244 e. The van der Waals surface area contributed by atoms with Crippen LogP contribution in [-0.4, -0.2) is 16.0 Å². The van der Waals surface area contributed by atoms with E-state index in [-0.39, 0.29) is 5.91 Å². The van der Waals surface area contributed by atoms with Gasteiger partial charge in [-0.25, -0.2) is 4.98 Å². The van der Waals surface area contributed by atoms with Gasteiger partial charge in [0.2, 0.25) is 5.91 Å². The van der Waals surface area contributed by atoms with Crippen LogP contribution in [0, 0.1) is 13.8 Å². The molecule has 0 bridgehead atoms. The molecular formula is C32H28N4OS3. The quantitative estimate of drug-likeness (QED) is 0.126. The number of thiazole rings is 1. The van der Waals surface area contributed by atoms with Crippen LogP contribution in [0.25, 0.3) is 11.3 Å². The Labute approximate surface area is 248 Å². The first-order chi connectivity index (χ1) is 19.4. The number of nitrogens with zero attached hydrogens (tertiary/aromatic N) is 1. The fourth-order valence-electron chi connectivity index (χ4n) is 4.07. The number of hydrogen-bond donors (Lipinski definition) is 3. The average molecular weight is 581 g/mol. The van der Waals surface area contributed by atoms with Crippen molar-refractivity contribution < 1.29 is 4.79 Å². The molecule has 40 heavy (non-hydrogen) atoms. The normalized spacial score (nSPS) is 11.4. The molecule has 4 aromatic carbocycles. The van der Waals surface area contributed by atoms with E-state index in [1.54, 1.807) is 0 Å². The maximum absolute atomic E-state index is 13.6. The molecule has 5 nitrogen and oxygen atoms in total. The van der Waals surface area contributed by atoms with Gasteiger partial charge in [-0.2, -0.15) is 0 Å². The monoisotopic (exact) mass is 580 g/mol. The molecule has 0 spiro atoms. The summed E-state index contributed by atoms with van der Waals surface area (Å²) in [4.78, 5) is 20.4. The van der Waals surface area contributed by atoms with Gasteiger partial charge in [-0.1, -0.05) is 78.4 Å². The molecule has 0 aliphatic carbocycles. The van der Waals surface area contributed by atoms with Crippen LogP contribution in [0.2, 0.25) is 0 Å². The second-order valence-corrected chi connectivity index (χ2v) is 11.9. The van der Waals surface area contributed by atoms with Gasteiger partial charge >= 0.3 is 0 Å². The van der Waals surface area contributed by atoms with E-state index in [2.05, 4.69) is 47.1 Å². The zero-order chi connectivity index (χ0) is 27.9. The Balaban J connectivity index is 1.29. The van der Waals surface area contributed by atoms with Crippen LogP contribution in [0.1, 0.15) is 21.3 Å². The van der Waals surface area contributed by atoms with E-state index < -0.39 is 5.25 Å². The number of anilines is 3. The molecule has 5 aromatic rings. The van der Waals surface area contributed by atoms with Gasteiger partial charge in [0, 0.05) is 26.7 Å². The summed E-state index contributed by atoms with van der Waals surface area (Å²) in [5, 5.41) is 10.1. The minimum absolute atomic E-state index is 0.115. The fraction of sp³-hybridized carbons (Fsp3) is 0.0938. The Kier molecular flexibility index (Phi) is 8.91. The highest BCUT2D eigenvalue weighted by Gasteiger charge is 2.24. The van der Waals surface area contributed by atoms with Crippen molar-refractivity contribution in [2.24, 2.45) is 0 Å². The van der Waals surface area contributed by atoms with Crippen molar-refractivity contribution in [1.29, 1.82) is 0 Å². The van der Waals surface area contributed by atoms with Crippen molar-refractivity contribution in [2.45, 2.75) is 24.0 Å². The second kappa shape index (κ2) is 12.9. The lowest BCUT2D eigenvalue weighted by Gasteiger charge is -2.17. The Hall–Kier alpha value is -3.98. The van der Waals surface area contributed by atoms with Crippen molar-refractivity contribution in [1.82, 2.24) is 4.98 Å². The molecule has 1 heterocycles. The van der Waals surface area contributed by atoms with Crippen LogP contribution in [-0.2, 0) is 4.79 Å². The Morgan fingerprint density at radius 3 is 2.02 bits per heavy atom. The molecule has 1 atom stereocenters. The highest BCUT2D eigenvalue weighted by atomic mass is 32.2. The van der Waals surface area contributed by atoms with Crippen LogP contribution >= 0.6 is 35.3 Å². The number of benzene rings is 4. The fourth-order valence-corrected chi connectivity index (χ4v) is 6.17. The molecule has 200 valence electrons. The number of rotatable bonds is 8. The molecular weight excluding hydrogens is 553 g/mol. The highest BCUT2D eigenvalue weighted by molar-refractivity contribution is 8.00. The van der Waals surface area contributed by atoms with Crippen molar-refractivity contribution in [3.63, 3.8) is 0 Å². The van der Waals surface area contributed by atoms with E-state index in [9.17, 15) is 4.79 Å². The SMILES string of the molecule is Cc1ccc(-c2nc(NC(=O)C(Sc3ccc(NC(=S)Nc4ccccc4)cc3)c3ccccc3)sc2C)cc1. The van der Waals surface area contributed by atoms with E-state index in [0.29, 0.717) is 10.2 Å². The van der Waals surface area contributed by atoms with Gasteiger partial charge in [0.05, 0.1) is 5.69 Å². The minimum atomic E-state index is -0.451. The third-order valence-corrected chi connectivity index (χ3v) is 8.45. The average Bonchev–Trinajstić information content (AvgIpc) is 3.33. The molecule has 0 aliphatic rings. The summed E-state index contributed by atoms with van der Waals surface area (Å²) < 4.78 is 0. The molecule has 0 saturated heterocycles. The summed E-state index contributed by atoms with van der Waals surface area (Å²) in [5.74, 6) is -0.115. The van der Waals surface area contributed by atoms with Gasteiger partial charge in [0.1, 0.15) is 5.25 Å². The van der Waals surface area contributed by atoms with Crippen molar-refractivity contribution >= 4 is 62.8 Å². The van der Waals surface area contributed by atoms with Crippen LogP contribution in [0.15, 0.2) is 114 Å². The smallest absolute Gasteiger partial charge is 0.244 e. The van der Waals surface area contributed by atoms with E-state index in [1.165, 1.54) is 28.7 Å². The van der Waals surface area contributed by atoms with Gasteiger partial charge in [0.25, 0.3) is 0 Å². The lowest BCUT2D eigenvalue weighted by atomic mass is 10.1. The summed E-state index contributed by atoms with van der Waals surface area (Å²) in [7, 11) is 0. The first-order valence-electron chi connectivity index (χ1n) is 12.7. The number of thioether (sulfide) groups is 1. The molecule has 0 fully saturated rings. The minimum Gasteiger partial charge on any atom is -0.332 e. The summed E-state index contributed by atoms with van der Waals surface area (Å²) in [5.41, 5.74) is 5.84. The molecule has 3 N–H and O–H groups in total. The van der Waals surface area contributed by atoms with Crippen LogP contribution in [0.4, 0.5) is 16.5 Å². The van der Waals surface area contributed by atoms with Gasteiger partial charge < -0.3 is 16.0 Å². The van der Waals surface area contributed by atoms with E-state index in [4.69, 9.17) is 17.2 Å². The first-order valence-corrected chi connectivity index (χ1v) is 14.8. The lowest BCUT2D eigenvalue weighted by Crippen LogP contribution is -2.19. The number of hydrogen-bond acceptors (Lipinski definition) is 5. The summed E-state index contributed by atoms with van der Waals surface area (Å²) >= 11 is 8.43. The Morgan fingerprint density at radius 1 is 0.775 bits per heavy atom. The summed E-state index contributed by atoms with van der Waals surface area (Å²) in [6, 6.07) is 35.8. The van der Waals surface area contributed by atoms with Gasteiger partial charge in [-0.3, -0.25) is 4.79 Å². The Morgan fingerprint density at radius 2 is 1.38 bits per heavy atom. The topological polar surface area (TPSA) is 66.0 Å². The van der Waals surface area contributed by atoms with Crippen molar-refractivity contribution in [3.8, 4) is 11.3 Å². The molecule has 0 radical (unpaired) electrons. The van der Waals surface area contributed by atoms with E-state index in [1.807, 2.05) is 91.9 Å². The van der Waals surface area contributed by atoms with Crippen molar-refractivity contribution in [2.75, 3.05) is 16.0 Å². The van der Waals surface area contributed by atoms with Gasteiger partial charge in [0.15, 0.2) is 10.2 Å². The number of aryl methyl sites for hydroxylation is 2. The number of para-hydroxylation sites is 1. The maximum atomic E-state index is 13.6. The van der Waals surface area contributed by atoms with Gasteiger partial charge in [-0.05, 0) is 68.0 Å². The largest absolute Gasteiger partial charge is 0.332 e. The standard InChI is InChI=1S/C32H28N4OS3/c1-21-13-15-23(16-14-21)28-22(2)39-32(35-28)36-30(37)29(24-9-5-3-6-10-24)40-27-19-17-26(18-20-27)34-31(38)33-25-11-7-4-8-12-25/h3-20,29H,1-2H3,(H2,33,34,38)(H,35,36,37). The predicted octanol–water partition coefficient (Wildman–Crippen LogP) is 8.71. The third kappa shape index (κ3) is 7.15. The van der Waals surface area contributed by atoms with E-state index >= 15 is 0 Å². The molecule has 1 aromatic heterocycles. The van der Waals surface area contributed by atoms with Gasteiger partial charge in [-0.15, -0.1) is 23.1 Å². The predicted molar refractivity (Wildman–Crippen MR) is 173 cm³/mol. The van der Waals surface area contributed by atoms with E-state index in [0.717, 1.165) is 38.0 Å². The number of amides is 1. The zero-order valence-electron chi connectivity index (χ0n) is 22.0. The molecule has 0 saturated carbocycles. The molecule has 8 heteroatoms. The second-order valence-electron chi connectivity index (χ2n) is 9.16.